The first kappa shape index (κ1) is 10.8. The summed E-state index contributed by atoms with van der Waals surface area (Å²) in [6.45, 7) is 2.16. The first-order chi connectivity index (χ1) is 8.16. The van der Waals surface area contributed by atoms with E-state index in [2.05, 4.69) is 60.9 Å². The molecule has 0 aliphatic heterocycles. The van der Waals surface area contributed by atoms with Crippen molar-refractivity contribution in [2.45, 2.75) is 31.8 Å². The first-order valence-corrected chi connectivity index (χ1v) is 6.40. The van der Waals surface area contributed by atoms with Crippen LogP contribution in [-0.4, -0.2) is 29.6 Å². The summed E-state index contributed by atoms with van der Waals surface area (Å²) in [7, 11) is 4.37. The van der Waals surface area contributed by atoms with Gasteiger partial charge in [0.1, 0.15) is 0 Å². The van der Waals surface area contributed by atoms with Gasteiger partial charge >= 0.3 is 0 Å². The fourth-order valence-electron chi connectivity index (χ4n) is 2.96. The highest BCUT2D eigenvalue weighted by Gasteiger charge is 2.33. The van der Waals surface area contributed by atoms with E-state index in [0.717, 1.165) is 0 Å². The molecule has 1 aromatic carbocycles. The molecule has 2 aromatic rings. The summed E-state index contributed by atoms with van der Waals surface area (Å²) in [6.07, 6.45) is 4.88. The predicted octanol–water partition coefficient (Wildman–Crippen LogP) is 3.21. The number of hydrogen-bond donors (Lipinski definition) is 0. The van der Waals surface area contributed by atoms with Crippen LogP contribution >= 0.6 is 0 Å². The molecule has 90 valence electrons. The summed E-state index contributed by atoms with van der Waals surface area (Å²) in [4.78, 5) is 2.36. The Morgan fingerprint density at radius 1 is 1.18 bits per heavy atom. The van der Waals surface area contributed by atoms with E-state index in [1.54, 1.807) is 0 Å². The van der Waals surface area contributed by atoms with E-state index in [1.807, 2.05) is 0 Å². The molecule has 1 aliphatic carbocycles. The highest BCUT2D eigenvalue weighted by Crippen LogP contribution is 2.37. The lowest BCUT2D eigenvalue weighted by atomic mass is 9.85. The van der Waals surface area contributed by atoms with Crippen LogP contribution in [0.1, 0.15) is 24.4 Å². The van der Waals surface area contributed by atoms with Crippen molar-refractivity contribution in [1.82, 2.24) is 9.47 Å². The molecule has 1 aromatic heterocycles. The standard InChI is InChI=1S/C15H20N2/c1-11-4-5-13-12(10-11)8-9-17(13)15-7-6-14(15)16(2)3/h4-5,8-10,14-15H,6-7H2,1-3H3. The Balaban J connectivity index is 2.01. The molecule has 0 spiro atoms. The van der Waals surface area contributed by atoms with Gasteiger partial charge in [-0.05, 0) is 57.4 Å². The maximum Gasteiger partial charge on any atom is 0.0492 e. The number of rotatable bonds is 2. The Kier molecular flexibility index (Phi) is 2.48. The Labute approximate surface area is 103 Å². The summed E-state index contributed by atoms with van der Waals surface area (Å²) in [5.74, 6) is 0. The number of likely N-dealkylation sites (N-methyl/N-ethyl adjacent to an activating group) is 1. The fourth-order valence-corrected chi connectivity index (χ4v) is 2.96. The lowest BCUT2D eigenvalue weighted by Gasteiger charge is -2.42. The lowest BCUT2D eigenvalue weighted by molar-refractivity contribution is 0.116. The van der Waals surface area contributed by atoms with Crippen LogP contribution in [0.3, 0.4) is 0 Å². The van der Waals surface area contributed by atoms with Crippen LogP contribution in [0.15, 0.2) is 30.5 Å². The molecule has 17 heavy (non-hydrogen) atoms. The minimum Gasteiger partial charge on any atom is -0.343 e. The van der Waals surface area contributed by atoms with Crippen LogP contribution in [0.25, 0.3) is 10.9 Å². The van der Waals surface area contributed by atoms with Gasteiger partial charge in [-0.15, -0.1) is 0 Å². The maximum atomic E-state index is 2.46. The van der Waals surface area contributed by atoms with E-state index in [9.17, 15) is 0 Å². The number of benzene rings is 1. The maximum absolute atomic E-state index is 2.46. The van der Waals surface area contributed by atoms with E-state index in [1.165, 1.54) is 29.3 Å². The zero-order valence-electron chi connectivity index (χ0n) is 10.9. The Bertz CT molecular complexity index is 539. The van der Waals surface area contributed by atoms with Crippen molar-refractivity contribution in [1.29, 1.82) is 0 Å². The molecule has 2 nitrogen and oxygen atoms in total. The van der Waals surface area contributed by atoms with Crippen molar-refractivity contribution < 1.29 is 0 Å². The number of fused-ring (bicyclic) bond motifs is 1. The third-order valence-corrected chi connectivity index (χ3v) is 4.10. The van der Waals surface area contributed by atoms with Crippen molar-refractivity contribution in [3.8, 4) is 0 Å². The highest BCUT2D eigenvalue weighted by atomic mass is 15.2. The Hall–Kier alpha value is -1.28. The van der Waals surface area contributed by atoms with Crippen LogP contribution in [0.5, 0.6) is 0 Å². The average molecular weight is 228 g/mol. The Morgan fingerprint density at radius 3 is 2.65 bits per heavy atom. The van der Waals surface area contributed by atoms with Crippen molar-refractivity contribution in [2.24, 2.45) is 0 Å². The zero-order chi connectivity index (χ0) is 12.0. The molecule has 0 saturated heterocycles. The first-order valence-electron chi connectivity index (χ1n) is 6.40. The molecule has 0 bridgehead atoms. The molecule has 1 saturated carbocycles. The number of aromatic nitrogens is 1. The van der Waals surface area contributed by atoms with Crippen LogP contribution < -0.4 is 0 Å². The van der Waals surface area contributed by atoms with E-state index in [0.29, 0.717) is 12.1 Å². The van der Waals surface area contributed by atoms with Gasteiger partial charge in [-0.1, -0.05) is 11.6 Å². The number of aryl methyl sites for hydroxylation is 1. The molecule has 1 fully saturated rings. The molecule has 0 N–H and O–H groups in total. The largest absolute Gasteiger partial charge is 0.343 e. The average Bonchev–Trinajstić information content (AvgIpc) is 2.58. The monoisotopic (exact) mass is 228 g/mol. The summed E-state index contributed by atoms with van der Waals surface area (Å²) in [6, 6.07) is 10.3. The summed E-state index contributed by atoms with van der Waals surface area (Å²) in [5.41, 5.74) is 2.72. The quantitative estimate of drug-likeness (QED) is 0.766. The minimum atomic E-state index is 0.658. The van der Waals surface area contributed by atoms with Gasteiger partial charge < -0.3 is 9.47 Å². The van der Waals surface area contributed by atoms with Gasteiger partial charge in [-0.3, -0.25) is 0 Å². The predicted molar refractivity (Wildman–Crippen MR) is 72.4 cm³/mol. The van der Waals surface area contributed by atoms with Crippen LogP contribution in [0.4, 0.5) is 0 Å². The van der Waals surface area contributed by atoms with E-state index >= 15 is 0 Å². The smallest absolute Gasteiger partial charge is 0.0492 e. The molecule has 0 amide bonds. The molecular formula is C15H20N2. The minimum absolute atomic E-state index is 0.658. The normalized spacial score (nSPS) is 24.2. The molecule has 1 heterocycles. The zero-order valence-corrected chi connectivity index (χ0v) is 10.9. The van der Waals surface area contributed by atoms with Crippen molar-refractivity contribution in [3.63, 3.8) is 0 Å². The van der Waals surface area contributed by atoms with Crippen LogP contribution in [-0.2, 0) is 0 Å². The van der Waals surface area contributed by atoms with Gasteiger partial charge in [-0.2, -0.15) is 0 Å². The second-order valence-corrected chi connectivity index (χ2v) is 5.46. The topological polar surface area (TPSA) is 8.17 Å². The molecule has 3 rings (SSSR count). The summed E-state index contributed by atoms with van der Waals surface area (Å²) in [5, 5.41) is 1.37. The SMILES string of the molecule is Cc1ccc2c(ccn2C2CCC2N(C)C)c1. The van der Waals surface area contributed by atoms with Gasteiger partial charge in [0.15, 0.2) is 0 Å². The highest BCUT2D eigenvalue weighted by molar-refractivity contribution is 5.81. The van der Waals surface area contributed by atoms with Gasteiger partial charge in [0.2, 0.25) is 0 Å². The van der Waals surface area contributed by atoms with E-state index in [-0.39, 0.29) is 0 Å². The number of hydrogen-bond acceptors (Lipinski definition) is 1. The van der Waals surface area contributed by atoms with E-state index < -0.39 is 0 Å². The number of nitrogens with zero attached hydrogens (tertiary/aromatic N) is 2. The van der Waals surface area contributed by atoms with Crippen molar-refractivity contribution in [3.05, 3.63) is 36.0 Å². The third-order valence-electron chi connectivity index (χ3n) is 4.10. The Morgan fingerprint density at radius 2 is 2.00 bits per heavy atom. The van der Waals surface area contributed by atoms with Crippen LogP contribution in [0.2, 0.25) is 0 Å². The van der Waals surface area contributed by atoms with Crippen molar-refractivity contribution in [2.75, 3.05) is 14.1 Å². The summed E-state index contributed by atoms with van der Waals surface area (Å²) >= 11 is 0. The van der Waals surface area contributed by atoms with Crippen molar-refractivity contribution >= 4 is 10.9 Å². The van der Waals surface area contributed by atoms with E-state index in [4.69, 9.17) is 0 Å². The van der Waals surface area contributed by atoms with Gasteiger partial charge in [-0.25, -0.2) is 0 Å². The second kappa shape index (κ2) is 3.88. The van der Waals surface area contributed by atoms with Gasteiger partial charge in [0.05, 0.1) is 0 Å². The molecule has 2 unspecified atom stereocenters. The molecule has 2 atom stereocenters. The molecule has 0 radical (unpaired) electrons. The summed E-state index contributed by atoms with van der Waals surface area (Å²) < 4.78 is 2.46. The fraction of sp³-hybridized carbons (Fsp3) is 0.467. The second-order valence-electron chi connectivity index (χ2n) is 5.46. The molecule has 1 aliphatic rings. The molecule has 2 heteroatoms. The van der Waals surface area contributed by atoms with Gasteiger partial charge in [0, 0.05) is 23.8 Å². The lowest BCUT2D eigenvalue weighted by Crippen LogP contribution is -2.43. The van der Waals surface area contributed by atoms with Crippen LogP contribution in [0, 0.1) is 6.92 Å². The third kappa shape index (κ3) is 1.67. The van der Waals surface area contributed by atoms with Gasteiger partial charge in [0.25, 0.3) is 0 Å². The molecular weight excluding hydrogens is 208 g/mol.